The number of amides is 1. The molecule has 0 unspecified atom stereocenters. The van der Waals surface area contributed by atoms with Gasteiger partial charge in [0.2, 0.25) is 23.0 Å². The van der Waals surface area contributed by atoms with Gasteiger partial charge in [0.15, 0.2) is 0 Å². The van der Waals surface area contributed by atoms with E-state index in [1.165, 1.54) is 0 Å². The zero-order valence-electron chi connectivity index (χ0n) is 19.7. The van der Waals surface area contributed by atoms with Gasteiger partial charge in [-0.1, -0.05) is 53.7 Å². The number of halogens is 4. The van der Waals surface area contributed by atoms with Crippen LogP contribution in [0.2, 0.25) is 5.02 Å². The van der Waals surface area contributed by atoms with E-state index in [0.29, 0.717) is 35.7 Å². The summed E-state index contributed by atoms with van der Waals surface area (Å²) in [5, 5.41) is 16.4. The summed E-state index contributed by atoms with van der Waals surface area (Å²) in [5.74, 6) is 0.456. The zero-order chi connectivity index (χ0) is 26.6. The molecular formula is C23H22ClF3N8OS. The molecule has 2 heterocycles. The Morgan fingerprint density at radius 2 is 1.78 bits per heavy atom. The van der Waals surface area contributed by atoms with Crippen LogP contribution in [-0.4, -0.2) is 43.6 Å². The van der Waals surface area contributed by atoms with Crippen molar-refractivity contribution < 1.29 is 18.0 Å². The molecular weight excluding hydrogens is 529 g/mol. The number of nitrogens with one attached hydrogen (secondary N) is 3. The fraction of sp³-hybridized carbons (Fsp3) is 0.261. The number of alkyl halides is 3. The van der Waals surface area contributed by atoms with E-state index in [1.807, 2.05) is 13.8 Å². The van der Waals surface area contributed by atoms with E-state index in [1.54, 1.807) is 34.7 Å². The number of fused-ring (bicyclic) bond motifs is 1. The predicted octanol–water partition coefficient (Wildman–Crippen LogP) is 5.53. The quantitative estimate of drug-likeness (QED) is 0.233. The number of rotatable bonds is 9. The Bertz CT molecular complexity index is 1400. The summed E-state index contributed by atoms with van der Waals surface area (Å²) < 4.78 is 41.3. The summed E-state index contributed by atoms with van der Waals surface area (Å²) in [6.07, 6.45) is -4.59. The van der Waals surface area contributed by atoms with E-state index in [9.17, 15) is 18.0 Å². The average Bonchev–Trinajstić information content (AvgIpc) is 3.27. The first-order chi connectivity index (χ1) is 17.7. The summed E-state index contributed by atoms with van der Waals surface area (Å²) in [7, 11) is 0. The van der Waals surface area contributed by atoms with E-state index in [4.69, 9.17) is 11.6 Å². The minimum absolute atomic E-state index is 0.0233. The molecule has 9 nitrogen and oxygen atoms in total. The minimum atomic E-state index is -4.59. The fourth-order valence-corrected chi connectivity index (χ4v) is 4.58. The van der Waals surface area contributed by atoms with Crippen LogP contribution in [0.25, 0.3) is 5.78 Å². The lowest BCUT2D eigenvalue weighted by Gasteiger charge is -2.18. The molecule has 0 saturated carbocycles. The van der Waals surface area contributed by atoms with Crippen LogP contribution in [0.1, 0.15) is 30.2 Å². The molecule has 1 amide bonds. The van der Waals surface area contributed by atoms with Crippen molar-refractivity contribution in [1.29, 1.82) is 0 Å². The van der Waals surface area contributed by atoms with Gasteiger partial charge in [-0.2, -0.15) is 23.1 Å². The van der Waals surface area contributed by atoms with Gasteiger partial charge >= 0.3 is 6.18 Å². The summed E-state index contributed by atoms with van der Waals surface area (Å²) in [5.41, 5.74) is -0.482. The average molecular weight is 551 g/mol. The maximum atomic E-state index is 13.5. The summed E-state index contributed by atoms with van der Waals surface area (Å²) in [6.45, 7) is 4.96. The summed E-state index contributed by atoms with van der Waals surface area (Å²) in [6, 6.07) is 11.5. The maximum Gasteiger partial charge on any atom is 0.416 e. The van der Waals surface area contributed by atoms with Crippen molar-refractivity contribution in [2.75, 3.05) is 29.0 Å². The lowest BCUT2D eigenvalue weighted by Crippen LogP contribution is -2.20. The molecule has 37 heavy (non-hydrogen) atoms. The molecule has 0 bridgehead atoms. The monoisotopic (exact) mass is 550 g/mol. The van der Waals surface area contributed by atoms with Gasteiger partial charge in [0.05, 0.1) is 16.3 Å². The second-order valence-electron chi connectivity index (χ2n) is 7.64. The van der Waals surface area contributed by atoms with E-state index in [-0.39, 0.29) is 16.5 Å². The Morgan fingerprint density at radius 1 is 1.05 bits per heavy atom. The van der Waals surface area contributed by atoms with Crippen LogP contribution in [0.15, 0.2) is 53.7 Å². The maximum absolute atomic E-state index is 13.5. The van der Waals surface area contributed by atoms with Gasteiger partial charge in [0.1, 0.15) is 5.25 Å². The Hall–Kier alpha value is -3.58. The number of anilines is 3. The van der Waals surface area contributed by atoms with Gasteiger partial charge in [-0.3, -0.25) is 4.79 Å². The van der Waals surface area contributed by atoms with Crippen molar-refractivity contribution >= 4 is 52.6 Å². The van der Waals surface area contributed by atoms with Crippen LogP contribution in [-0.2, 0) is 11.0 Å². The highest BCUT2D eigenvalue weighted by atomic mass is 35.5. The number of thioether (sulfide) groups is 1. The largest absolute Gasteiger partial charge is 0.416 e. The van der Waals surface area contributed by atoms with Crippen molar-refractivity contribution in [2.24, 2.45) is 0 Å². The van der Waals surface area contributed by atoms with Gasteiger partial charge in [-0.15, -0.1) is 10.2 Å². The van der Waals surface area contributed by atoms with Crippen molar-refractivity contribution in [2.45, 2.75) is 30.4 Å². The normalized spacial score (nSPS) is 12.4. The molecule has 0 fully saturated rings. The molecule has 3 N–H and O–H groups in total. The molecule has 4 rings (SSSR count). The first kappa shape index (κ1) is 26.5. The lowest BCUT2D eigenvalue weighted by atomic mass is 10.1. The summed E-state index contributed by atoms with van der Waals surface area (Å²) in [4.78, 5) is 22.3. The third kappa shape index (κ3) is 6.05. The lowest BCUT2D eigenvalue weighted by molar-refractivity contribution is -0.137. The second kappa shape index (κ2) is 11.2. The van der Waals surface area contributed by atoms with Crippen molar-refractivity contribution in [3.8, 4) is 0 Å². The molecule has 0 saturated heterocycles. The van der Waals surface area contributed by atoms with Gasteiger partial charge in [0.25, 0.3) is 5.78 Å². The Labute approximate surface area is 219 Å². The smallest absolute Gasteiger partial charge is 0.355 e. The first-order valence-electron chi connectivity index (χ1n) is 11.2. The molecule has 4 aromatic rings. The summed E-state index contributed by atoms with van der Waals surface area (Å²) >= 11 is 7.16. The first-order valence-corrected chi connectivity index (χ1v) is 12.5. The molecule has 0 aliphatic rings. The molecule has 0 aliphatic carbocycles. The van der Waals surface area contributed by atoms with Crippen LogP contribution < -0.4 is 16.0 Å². The van der Waals surface area contributed by atoms with E-state index in [0.717, 1.165) is 30.0 Å². The molecule has 2 aromatic heterocycles. The van der Waals surface area contributed by atoms with Crippen LogP contribution in [0, 0.1) is 0 Å². The van der Waals surface area contributed by atoms with Crippen molar-refractivity contribution in [3.05, 3.63) is 64.7 Å². The van der Waals surface area contributed by atoms with Crippen LogP contribution in [0.5, 0.6) is 0 Å². The highest BCUT2D eigenvalue weighted by Gasteiger charge is 2.32. The molecule has 1 atom stereocenters. The zero-order valence-corrected chi connectivity index (χ0v) is 21.2. The van der Waals surface area contributed by atoms with Crippen LogP contribution >= 0.6 is 23.4 Å². The Morgan fingerprint density at radius 3 is 2.46 bits per heavy atom. The highest BCUT2D eigenvalue weighted by Crippen LogP contribution is 2.38. The number of hydrogen-bond donors (Lipinski definition) is 3. The van der Waals surface area contributed by atoms with E-state index in [2.05, 4.69) is 36.1 Å². The number of nitrogens with zero attached hydrogens (tertiary/aromatic N) is 5. The van der Waals surface area contributed by atoms with Crippen LogP contribution in [0.3, 0.4) is 0 Å². The van der Waals surface area contributed by atoms with Crippen molar-refractivity contribution in [1.82, 2.24) is 24.6 Å². The van der Waals surface area contributed by atoms with Crippen LogP contribution in [0.4, 0.5) is 30.8 Å². The van der Waals surface area contributed by atoms with Gasteiger partial charge in [-0.25, -0.2) is 4.40 Å². The third-order valence-corrected chi connectivity index (χ3v) is 6.56. The molecule has 0 aliphatic heterocycles. The number of aromatic nitrogens is 5. The third-order valence-electron chi connectivity index (χ3n) is 5.03. The van der Waals surface area contributed by atoms with Gasteiger partial charge in [-0.05, 0) is 37.6 Å². The molecule has 0 spiro atoms. The van der Waals surface area contributed by atoms with E-state index >= 15 is 0 Å². The Balaban J connectivity index is 1.72. The molecule has 194 valence electrons. The van der Waals surface area contributed by atoms with Crippen molar-refractivity contribution in [3.63, 3.8) is 0 Å². The number of carbonyl (C=O) groups is 1. The molecule has 14 heteroatoms. The fourth-order valence-electron chi connectivity index (χ4n) is 3.38. The number of carbonyl (C=O) groups excluding carboxylic acids is 1. The topological polar surface area (TPSA) is 109 Å². The number of hydrogen-bond acceptors (Lipinski definition) is 8. The van der Waals surface area contributed by atoms with E-state index < -0.39 is 22.9 Å². The van der Waals surface area contributed by atoms with Gasteiger partial charge in [0, 0.05) is 13.1 Å². The number of benzene rings is 2. The SMILES string of the molecule is CCNc1nc(NCC)n2c(S[C@@H](C(=O)Nc3cc(C(F)(F)F)ccc3Cl)c3ccccc3)nnc2n1. The highest BCUT2D eigenvalue weighted by molar-refractivity contribution is 8.00. The molecule has 2 aromatic carbocycles. The standard InChI is InChI=1S/C23H22ClF3N8OS/c1-3-28-19-31-20(29-4-2)35-21(32-19)33-34-22(35)37-17(13-8-6-5-7-9-13)18(36)30-16-12-14(23(25,26)27)10-11-15(16)24/h5-12,17H,3-4H2,1-2H3,(H,30,36)(H2,28,29,31,32,33)/t17-/m1/s1. The second-order valence-corrected chi connectivity index (χ2v) is 9.12. The predicted molar refractivity (Wildman–Crippen MR) is 137 cm³/mol. The minimum Gasteiger partial charge on any atom is -0.355 e. The molecule has 0 radical (unpaired) electrons. The Kier molecular flexibility index (Phi) is 8.03. The van der Waals surface area contributed by atoms with Gasteiger partial charge < -0.3 is 16.0 Å².